The van der Waals surface area contributed by atoms with Gasteiger partial charge in [-0.05, 0) is 45.2 Å². The van der Waals surface area contributed by atoms with Crippen LogP contribution in [0.3, 0.4) is 0 Å². The predicted molar refractivity (Wildman–Crippen MR) is 105 cm³/mol. The van der Waals surface area contributed by atoms with Crippen LogP contribution >= 0.6 is 0 Å². The lowest BCUT2D eigenvalue weighted by molar-refractivity contribution is 0.0479. The molecule has 0 saturated carbocycles. The molecule has 0 unspecified atom stereocenters. The lowest BCUT2D eigenvalue weighted by atomic mass is 10.1. The van der Waals surface area contributed by atoms with E-state index in [1.54, 1.807) is 11.1 Å². The lowest BCUT2D eigenvalue weighted by Gasteiger charge is -2.33. The van der Waals surface area contributed by atoms with Crippen LogP contribution in [0.15, 0.2) is 18.3 Å². The van der Waals surface area contributed by atoms with Crippen LogP contribution in [-0.4, -0.2) is 60.8 Å². The van der Waals surface area contributed by atoms with Crippen LogP contribution < -0.4 is 15.5 Å². The highest BCUT2D eigenvalue weighted by molar-refractivity contribution is 5.74. The fourth-order valence-electron chi connectivity index (χ4n) is 2.83. The lowest BCUT2D eigenvalue weighted by Crippen LogP contribution is -2.52. The quantitative estimate of drug-likeness (QED) is 0.841. The van der Waals surface area contributed by atoms with Gasteiger partial charge >= 0.3 is 12.1 Å². The van der Waals surface area contributed by atoms with Gasteiger partial charge in [0.15, 0.2) is 0 Å². The average molecular weight is 377 g/mol. The van der Waals surface area contributed by atoms with E-state index in [4.69, 9.17) is 4.74 Å². The molecule has 0 aromatic carbocycles. The van der Waals surface area contributed by atoms with E-state index in [0.29, 0.717) is 19.6 Å². The van der Waals surface area contributed by atoms with Crippen molar-refractivity contribution in [1.82, 2.24) is 20.5 Å². The molecule has 2 N–H and O–H groups in total. The third-order valence-corrected chi connectivity index (χ3v) is 4.14. The van der Waals surface area contributed by atoms with E-state index in [-0.39, 0.29) is 12.1 Å². The SMILES string of the molecule is CN(C)c1ccc(CNC(=O)N2CCC[C@@H](NC(=O)OC(C)(C)C)C2)cn1. The Bertz CT molecular complexity index is 640. The number of nitrogens with one attached hydrogen (secondary N) is 2. The number of ether oxygens (including phenoxy) is 1. The second-order valence-electron chi connectivity index (χ2n) is 8.01. The number of piperidine rings is 1. The Balaban J connectivity index is 1.81. The highest BCUT2D eigenvalue weighted by Gasteiger charge is 2.26. The molecule has 27 heavy (non-hydrogen) atoms. The monoisotopic (exact) mass is 377 g/mol. The third kappa shape index (κ3) is 6.96. The van der Waals surface area contributed by atoms with Gasteiger partial charge in [0.1, 0.15) is 11.4 Å². The van der Waals surface area contributed by atoms with Crippen molar-refractivity contribution in [3.8, 4) is 0 Å². The van der Waals surface area contributed by atoms with Gasteiger partial charge in [-0.1, -0.05) is 6.07 Å². The van der Waals surface area contributed by atoms with Crippen molar-refractivity contribution < 1.29 is 14.3 Å². The van der Waals surface area contributed by atoms with Gasteiger partial charge in [0.05, 0.1) is 0 Å². The Morgan fingerprint density at radius 2 is 2.07 bits per heavy atom. The van der Waals surface area contributed by atoms with Gasteiger partial charge in [-0.15, -0.1) is 0 Å². The summed E-state index contributed by atoms with van der Waals surface area (Å²) in [5.74, 6) is 0.872. The number of carbonyl (C=O) groups excluding carboxylic acids is 2. The maximum absolute atomic E-state index is 12.4. The number of urea groups is 1. The molecule has 150 valence electrons. The Hall–Kier alpha value is -2.51. The standard InChI is InChI=1S/C19H31N5O3/c1-19(2,3)27-18(26)22-15-7-6-10-24(13-15)17(25)21-12-14-8-9-16(20-11-14)23(4)5/h8-9,11,15H,6-7,10,12-13H2,1-5H3,(H,21,25)(H,22,26)/t15-/m1/s1. The predicted octanol–water partition coefficient (Wildman–Crippen LogP) is 2.35. The first-order chi connectivity index (χ1) is 12.6. The zero-order valence-corrected chi connectivity index (χ0v) is 16.9. The number of hydrogen-bond donors (Lipinski definition) is 2. The Morgan fingerprint density at radius 3 is 2.67 bits per heavy atom. The van der Waals surface area contributed by atoms with E-state index in [1.807, 2.05) is 51.9 Å². The molecule has 1 aromatic heterocycles. The number of rotatable bonds is 4. The van der Waals surface area contributed by atoms with Gasteiger partial charge in [0.2, 0.25) is 0 Å². The summed E-state index contributed by atoms with van der Waals surface area (Å²) in [6, 6.07) is 3.64. The van der Waals surface area contributed by atoms with Gasteiger partial charge < -0.3 is 25.2 Å². The van der Waals surface area contributed by atoms with Crippen molar-refractivity contribution in [2.24, 2.45) is 0 Å². The van der Waals surface area contributed by atoms with Gasteiger partial charge in [-0.25, -0.2) is 14.6 Å². The average Bonchev–Trinajstić information content (AvgIpc) is 2.58. The van der Waals surface area contributed by atoms with Crippen molar-refractivity contribution in [2.45, 2.75) is 51.8 Å². The molecule has 2 heterocycles. The molecule has 1 saturated heterocycles. The molecule has 1 fully saturated rings. The maximum Gasteiger partial charge on any atom is 0.407 e. The van der Waals surface area contributed by atoms with E-state index in [1.165, 1.54) is 0 Å². The Labute approximate surface area is 161 Å². The molecule has 1 atom stereocenters. The van der Waals surface area contributed by atoms with Gasteiger partial charge in [-0.2, -0.15) is 0 Å². The van der Waals surface area contributed by atoms with Crippen molar-refractivity contribution in [3.63, 3.8) is 0 Å². The molecule has 3 amide bonds. The zero-order chi connectivity index (χ0) is 20.0. The van der Waals surface area contributed by atoms with E-state index < -0.39 is 11.7 Å². The molecule has 0 bridgehead atoms. The summed E-state index contributed by atoms with van der Waals surface area (Å²) in [7, 11) is 3.86. The molecule has 0 radical (unpaired) electrons. The summed E-state index contributed by atoms with van der Waals surface area (Å²) in [4.78, 5) is 32.4. The highest BCUT2D eigenvalue weighted by Crippen LogP contribution is 2.13. The van der Waals surface area contributed by atoms with Crippen molar-refractivity contribution in [3.05, 3.63) is 23.9 Å². The van der Waals surface area contributed by atoms with Crippen LogP contribution in [0.5, 0.6) is 0 Å². The number of alkyl carbamates (subject to hydrolysis) is 1. The first-order valence-corrected chi connectivity index (χ1v) is 9.28. The number of pyridine rings is 1. The smallest absolute Gasteiger partial charge is 0.407 e. The molecule has 1 aliphatic rings. The van der Waals surface area contributed by atoms with Crippen LogP contribution in [-0.2, 0) is 11.3 Å². The highest BCUT2D eigenvalue weighted by atomic mass is 16.6. The fraction of sp³-hybridized carbons (Fsp3) is 0.632. The molecular formula is C19H31N5O3. The second kappa shape index (κ2) is 8.92. The minimum Gasteiger partial charge on any atom is -0.444 e. The summed E-state index contributed by atoms with van der Waals surface area (Å²) in [5.41, 5.74) is 0.404. The van der Waals surface area contributed by atoms with Gasteiger partial charge in [-0.3, -0.25) is 0 Å². The Morgan fingerprint density at radius 1 is 1.33 bits per heavy atom. The Kier molecular flexibility index (Phi) is 6.87. The number of hydrogen-bond acceptors (Lipinski definition) is 5. The summed E-state index contributed by atoms with van der Waals surface area (Å²) in [6.07, 6.45) is 2.99. The number of carbonyl (C=O) groups is 2. The number of likely N-dealkylation sites (tertiary alicyclic amines) is 1. The first kappa shape index (κ1) is 20.8. The van der Waals surface area contributed by atoms with Crippen LogP contribution in [0.2, 0.25) is 0 Å². The zero-order valence-electron chi connectivity index (χ0n) is 16.9. The number of nitrogens with zero attached hydrogens (tertiary/aromatic N) is 3. The topological polar surface area (TPSA) is 86.8 Å². The fourth-order valence-corrected chi connectivity index (χ4v) is 2.83. The van der Waals surface area contributed by atoms with Crippen molar-refractivity contribution in [1.29, 1.82) is 0 Å². The van der Waals surface area contributed by atoms with Crippen molar-refractivity contribution in [2.75, 3.05) is 32.1 Å². The van der Waals surface area contributed by atoms with E-state index in [2.05, 4.69) is 15.6 Å². The maximum atomic E-state index is 12.4. The van der Waals surface area contributed by atoms with Crippen LogP contribution in [0, 0.1) is 0 Å². The summed E-state index contributed by atoms with van der Waals surface area (Å²) >= 11 is 0. The molecule has 2 rings (SSSR count). The second-order valence-corrected chi connectivity index (χ2v) is 8.01. The normalized spacial score (nSPS) is 17.2. The molecule has 0 spiro atoms. The molecule has 8 heteroatoms. The van der Waals surface area contributed by atoms with E-state index in [0.717, 1.165) is 24.2 Å². The number of aromatic nitrogens is 1. The van der Waals surface area contributed by atoms with Crippen molar-refractivity contribution >= 4 is 17.9 Å². The van der Waals surface area contributed by atoms with Gasteiger partial charge in [0, 0.05) is 46.0 Å². The molecule has 8 nitrogen and oxygen atoms in total. The minimum atomic E-state index is -0.536. The molecule has 0 aliphatic carbocycles. The van der Waals surface area contributed by atoms with Crippen LogP contribution in [0.4, 0.5) is 15.4 Å². The first-order valence-electron chi connectivity index (χ1n) is 9.28. The largest absolute Gasteiger partial charge is 0.444 e. The molecule has 1 aliphatic heterocycles. The van der Waals surface area contributed by atoms with Crippen LogP contribution in [0.25, 0.3) is 0 Å². The summed E-state index contributed by atoms with van der Waals surface area (Å²) in [5, 5.41) is 5.77. The van der Waals surface area contributed by atoms with Gasteiger partial charge in [0.25, 0.3) is 0 Å². The summed E-state index contributed by atoms with van der Waals surface area (Å²) in [6.45, 7) is 7.05. The molecule has 1 aromatic rings. The number of amides is 3. The van der Waals surface area contributed by atoms with Crippen LogP contribution in [0.1, 0.15) is 39.2 Å². The minimum absolute atomic E-state index is 0.0969. The summed E-state index contributed by atoms with van der Waals surface area (Å²) < 4.78 is 5.29. The van der Waals surface area contributed by atoms with E-state index >= 15 is 0 Å². The van der Waals surface area contributed by atoms with E-state index in [9.17, 15) is 9.59 Å². The molecular weight excluding hydrogens is 346 g/mol. The third-order valence-electron chi connectivity index (χ3n) is 4.14. The number of anilines is 1.